The van der Waals surface area contributed by atoms with E-state index in [9.17, 15) is 4.79 Å². The lowest BCUT2D eigenvalue weighted by Crippen LogP contribution is -2.66. The number of fused-ring (bicyclic) bond motifs is 1. The molecule has 0 aliphatic carbocycles. The van der Waals surface area contributed by atoms with Gasteiger partial charge in [0, 0.05) is 31.6 Å². The number of hydrogen-bond donors (Lipinski definition) is 1. The van der Waals surface area contributed by atoms with Gasteiger partial charge in [0.15, 0.2) is 17.3 Å². The van der Waals surface area contributed by atoms with Gasteiger partial charge in [0.1, 0.15) is 5.82 Å². The van der Waals surface area contributed by atoms with Crippen LogP contribution in [0.1, 0.15) is 53.5 Å². The van der Waals surface area contributed by atoms with E-state index in [1.165, 1.54) is 6.26 Å². The molecule has 1 amide bonds. The summed E-state index contributed by atoms with van der Waals surface area (Å²) in [6.07, 6.45) is 0.369. The number of amides is 1. The molecule has 1 N–H and O–H groups in total. The second kappa shape index (κ2) is 9.64. The zero-order valence-corrected chi connectivity index (χ0v) is 21.5. The van der Waals surface area contributed by atoms with Crippen molar-refractivity contribution in [1.82, 2.24) is 14.9 Å². The maximum absolute atomic E-state index is 13.0. The van der Waals surface area contributed by atoms with E-state index in [0.717, 1.165) is 5.39 Å². The van der Waals surface area contributed by atoms with Gasteiger partial charge in [-0.25, -0.2) is 4.98 Å². The van der Waals surface area contributed by atoms with Gasteiger partial charge in [-0.15, -0.1) is 0 Å². The van der Waals surface area contributed by atoms with E-state index >= 15 is 0 Å². The number of carbonyl (C=O) groups excluding carboxylic acids is 1. The smallest absolute Gasteiger partial charge is 0.289 e. The van der Waals surface area contributed by atoms with Crippen LogP contribution in [0, 0.1) is 0 Å². The first-order chi connectivity index (χ1) is 17.0. The summed E-state index contributed by atoms with van der Waals surface area (Å²) in [6.45, 7) is 13.0. The van der Waals surface area contributed by atoms with Crippen molar-refractivity contribution >= 4 is 28.6 Å². The van der Waals surface area contributed by atoms with Crippen LogP contribution in [0.4, 0.5) is 11.8 Å². The average Bonchev–Trinajstić information content (AvgIpc) is 3.34. The number of hydrogen-bond acceptors (Lipinski definition) is 8. The fourth-order valence-electron chi connectivity index (χ4n) is 4.48. The highest BCUT2D eigenvalue weighted by Gasteiger charge is 2.44. The number of aromatic nitrogens is 2. The predicted octanol–water partition coefficient (Wildman–Crippen LogP) is 4.58. The Bertz CT molecular complexity index is 1240. The molecule has 1 aliphatic heterocycles. The zero-order valence-electron chi connectivity index (χ0n) is 22.5. The van der Waals surface area contributed by atoms with Crippen molar-refractivity contribution in [3.05, 3.63) is 36.3 Å². The van der Waals surface area contributed by atoms with E-state index in [2.05, 4.69) is 24.1 Å². The van der Waals surface area contributed by atoms with Crippen molar-refractivity contribution in [2.45, 2.75) is 59.2 Å². The standard InChI is InChI=1S/C26H35N5O4/c1-8-33-21-14-18-19(15-22(21)35-16(2)3)28-25(29-23(18)27-7)31-12-11-30(17(4)26(31,5)6)24(32)20-10-9-13-34-20/h9-10,13-17H,8,11-12H2,1-7H3,(H,27,28,29)/i16D. The first-order valence-electron chi connectivity index (χ1n) is 12.4. The Hall–Kier alpha value is -3.49. The zero-order chi connectivity index (χ0) is 26.3. The number of piperazine rings is 1. The third-order valence-corrected chi connectivity index (χ3v) is 6.58. The topological polar surface area (TPSA) is 93.0 Å². The van der Waals surface area contributed by atoms with Crippen LogP contribution in [0.25, 0.3) is 10.9 Å². The predicted molar refractivity (Wildman–Crippen MR) is 137 cm³/mol. The minimum Gasteiger partial charge on any atom is -0.490 e. The molecule has 0 bridgehead atoms. The first kappa shape index (κ1) is 23.3. The van der Waals surface area contributed by atoms with Crippen molar-refractivity contribution in [3.8, 4) is 11.5 Å². The van der Waals surface area contributed by atoms with Crippen LogP contribution in [-0.4, -0.2) is 65.2 Å². The third kappa shape index (κ3) is 4.59. The Morgan fingerprint density at radius 2 is 2.09 bits per heavy atom. The van der Waals surface area contributed by atoms with E-state index in [1.807, 2.05) is 31.9 Å². The lowest BCUT2D eigenvalue weighted by molar-refractivity contribution is 0.0516. The van der Waals surface area contributed by atoms with Gasteiger partial charge in [-0.3, -0.25) is 4.79 Å². The summed E-state index contributed by atoms with van der Waals surface area (Å²) in [5.41, 5.74) is 0.206. The lowest BCUT2D eigenvalue weighted by atomic mass is 9.89. The fourth-order valence-corrected chi connectivity index (χ4v) is 4.48. The van der Waals surface area contributed by atoms with Gasteiger partial charge in [-0.1, -0.05) is 0 Å². The van der Waals surface area contributed by atoms with Gasteiger partial charge in [0.05, 0.1) is 37.4 Å². The van der Waals surface area contributed by atoms with Crippen LogP contribution >= 0.6 is 0 Å². The van der Waals surface area contributed by atoms with E-state index < -0.39 is 11.6 Å². The summed E-state index contributed by atoms with van der Waals surface area (Å²) >= 11 is 0. The normalized spacial score (nSPS) is 18.4. The second-order valence-electron chi connectivity index (χ2n) is 9.34. The van der Waals surface area contributed by atoms with Crippen molar-refractivity contribution in [2.75, 3.05) is 37.0 Å². The Morgan fingerprint density at radius 1 is 1.31 bits per heavy atom. The summed E-state index contributed by atoms with van der Waals surface area (Å²) in [5.74, 6) is 2.41. The van der Waals surface area contributed by atoms with E-state index in [1.54, 1.807) is 32.0 Å². The number of nitrogens with zero attached hydrogens (tertiary/aromatic N) is 4. The number of nitrogens with one attached hydrogen (secondary N) is 1. The highest BCUT2D eigenvalue weighted by molar-refractivity contribution is 5.93. The number of benzene rings is 1. The molecule has 0 radical (unpaired) electrons. The fraction of sp³-hybridized carbons (Fsp3) is 0.500. The minimum atomic E-state index is -1.14. The molecule has 1 saturated heterocycles. The Morgan fingerprint density at radius 3 is 2.71 bits per heavy atom. The molecular formula is C26H35N5O4. The molecule has 2 aromatic heterocycles. The van der Waals surface area contributed by atoms with Gasteiger partial charge in [-0.05, 0) is 59.7 Å². The molecule has 1 unspecified atom stereocenters. The van der Waals surface area contributed by atoms with E-state index in [4.69, 9.17) is 25.2 Å². The van der Waals surface area contributed by atoms with Crippen LogP contribution in [0.5, 0.6) is 11.5 Å². The van der Waals surface area contributed by atoms with Crippen LogP contribution in [0.2, 0.25) is 0 Å². The molecule has 35 heavy (non-hydrogen) atoms. The average molecular weight is 483 g/mol. The molecule has 1 aromatic carbocycles. The molecule has 1 aliphatic rings. The number of rotatable bonds is 7. The minimum absolute atomic E-state index is 0.126. The largest absolute Gasteiger partial charge is 0.490 e. The summed E-state index contributed by atoms with van der Waals surface area (Å²) in [4.78, 5) is 26.8. The van der Waals surface area contributed by atoms with Crippen LogP contribution < -0.4 is 19.7 Å². The number of anilines is 2. The second-order valence-corrected chi connectivity index (χ2v) is 9.34. The highest BCUT2D eigenvalue weighted by Crippen LogP contribution is 2.38. The molecule has 1 atom stereocenters. The van der Waals surface area contributed by atoms with Crippen molar-refractivity contribution in [2.24, 2.45) is 0 Å². The SMILES string of the molecule is [2H]C(C)(C)Oc1cc2nc(N3CCN(C(=O)c4ccco4)C(C)C3(C)C)nc(NC)c2cc1OCC. The van der Waals surface area contributed by atoms with Crippen molar-refractivity contribution < 1.29 is 20.1 Å². The monoisotopic (exact) mass is 482 g/mol. The molecular weight excluding hydrogens is 446 g/mol. The summed E-state index contributed by atoms with van der Waals surface area (Å²) in [6, 6.07) is 6.93. The molecule has 1 fully saturated rings. The molecule has 3 heterocycles. The van der Waals surface area contributed by atoms with Gasteiger partial charge in [0.25, 0.3) is 5.91 Å². The van der Waals surface area contributed by atoms with Crippen LogP contribution in [-0.2, 0) is 0 Å². The lowest BCUT2D eigenvalue weighted by Gasteiger charge is -2.51. The number of carbonyl (C=O) groups is 1. The molecule has 4 rings (SSSR count). The molecule has 0 spiro atoms. The maximum Gasteiger partial charge on any atom is 0.289 e. The van der Waals surface area contributed by atoms with Gasteiger partial charge < -0.3 is 29.0 Å². The molecule has 0 saturated carbocycles. The first-order valence-corrected chi connectivity index (χ1v) is 11.9. The Balaban J connectivity index is 1.74. The molecule has 9 heteroatoms. The summed E-state index contributed by atoms with van der Waals surface area (Å²) in [5, 5.41) is 3.97. The maximum atomic E-state index is 13.0. The summed E-state index contributed by atoms with van der Waals surface area (Å²) in [7, 11) is 1.82. The third-order valence-electron chi connectivity index (χ3n) is 6.58. The Kier molecular flexibility index (Phi) is 6.40. The molecule has 188 valence electrons. The van der Waals surface area contributed by atoms with E-state index in [-0.39, 0.29) is 11.9 Å². The van der Waals surface area contributed by atoms with Crippen molar-refractivity contribution in [3.63, 3.8) is 0 Å². The van der Waals surface area contributed by atoms with E-state index in [0.29, 0.717) is 54.2 Å². The van der Waals surface area contributed by atoms with Crippen LogP contribution in [0.15, 0.2) is 34.9 Å². The highest BCUT2D eigenvalue weighted by atomic mass is 16.5. The van der Waals surface area contributed by atoms with Crippen molar-refractivity contribution in [1.29, 1.82) is 0 Å². The van der Waals surface area contributed by atoms with Crippen LogP contribution in [0.3, 0.4) is 0 Å². The van der Waals surface area contributed by atoms with Gasteiger partial charge >= 0.3 is 0 Å². The quantitative estimate of drug-likeness (QED) is 0.523. The number of furan rings is 1. The molecule has 9 nitrogen and oxygen atoms in total. The van der Waals surface area contributed by atoms with Gasteiger partial charge in [-0.2, -0.15) is 4.98 Å². The van der Waals surface area contributed by atoms with Gasteiger partial charge in [0.2, 0.25) is 5.95 Å². The number of ether oxygens (including phenoxy) is 2. The summed E-state index contributed by atoms with van der Waals surface area (Å²) < 4.78 is 25.2. The molecule has 3 aromatic rings. The Labute approximate surface area is 207 Å².